The largest absolute Gasteiger partial charge is 0.352 e. The Balaban J connectivity index is 0.00000240. The predicted octanol–water partition coefficient (Wildman–Crippen LogP) is 2.46. The Bertz CT molecular complexity index is 1070. The van der Waals surface area contributed by atoms with Crippen LogP contribution in [0.3, 0.4) is 0 Å². The molecule has 150 valence electrons. The van der Waals surface area contributed by atoms with E-state index in [4.69, 9.17) is 0 Å². The lowest BCUT2D eigenvalue weighted by atomic mass is 10.2. The van der Waals surface area contributed by atoms with Crippen molar-refractivity contribution in [1.82, 2.24) is 35.0 Å². The second kappa shape index (κ2) is 10.0. The molecule has 0 fully saturated rings. The summed E-state index contributed by atoms with van der Waals surface area (Å²) in [6.45, 7) is 1.92. The van der Waals surface area contributed by atoms with Crippen LogP contribution in [0, 0.1) is 0 Å². The Labute approximate surface area is 186 Å². The smallest absolute Gasteiger partial charge is 0.191 e. The highest BCUT2D eigenvalue weighted by Gasteiger charge is 2.06. The van der Waals surface area contributed by atoms with E-state index in [0.717, 1.165) is 23.6 Å². The van der Waals surface area contributed by atoms with Crippen molar-refractivity contribution in [2.75, 3.05) is 7.05 Å². The van der Waals surface area contributed by atoms with Crippen molar-refractivity contribution in [3.63, 3.8) is 0 Å². The molecule has 0 atom stereocenters. The van der Waals surface area contributed by atoms with Gasteiger partial charge in [-0.2, -0.15) is 5.10 Å². The molecule has 0 aliphatic rings. The first-order valence-corrected chi connectivity index (χ1v) is 9.10. The Morgan fingerprint density at radius 2 is 1.76 bits per heavy atom. The summed E-state index contributed by atoms with van der Waals surface area (Å²) >= 11 is 0. The van der Waals surface area contributed by atoms with Gasteiger partial charge in [-0.1, -0.05) is 36.4 Å². The van der Waals surface area contributed by atoms with Crippen LogP contribution in [0.5, 0.6) is 0 Å². The first-order valence-electron chi connectivity index (χ1n) is 9.10. The molecule has 4 rings (SSSR count). The number of rotatable bonds is 6. The van der Waals surface area contributed by atoms with Gasteiger partial charge in [-0.25, -0.2) is 0 Å². The number of fused-ring (bicyclic) bond motifs is 1. The quantitative estimate of drug-likeness (QED) is 0.241. The summed E-state index contributed by atoms with van der Waals surface area (Å²) in [6, 6.07) is 16.1. The molecule has 0 amide bonds. The fourth-order valence-electron chi connectivity index (χ4n) is 2.94. The van der Waals surface area contributed by atoms with Crippen LogP contribution >= 0.6 is 24.0 Å². The van der Waals surface area contributed by atoms with Gasteiger partial charge in [-0.05, 0) is 17.7 Å². The van der Waals surface area contributed by atoms with E-state index >= 15 is 0 Å². The molecule has 0 radical (unpaired) electrons. The van der Waals surface area contributed by atoms with Crippen LogP contribution in [0.4, 0.5) is 0 Å². The number of hydrogen-bond donors (Lipinski definition) is 2. The topological polar surface area (TPSA) is 84.4 Å². The molecule has 0 unspecified atom stereocenters. The Hall–Kier alpha value is -2.95. The lowest BCUT2D eigenvalue weighted by Gasteiger charge is -2.10. The average molecular weight is 502 g/mol. The highest BCUT2D eigenvalue weighted by Crippen LogP contribution is 2.04. The van der Waals surface area contributed by atoms with Gasteiger partial charge in [0.25, 0.3) is 0 Å². The number of halogens is 1. The van der Waals surface area contributed by atoms with Gasteiger partial charge in [0.2, 0.25) is 0 Å². The zero-order chi connectivity index (χ0) is 19.2. The zero-order valence-electron chi connectivity index (χ0n) is 16.1. The molecule has 3 aromatic heterocycles. The van der Waals surface area contributed by atoms with Crippen molar-refractivity contribution >= 4 is 35.6 Å². The number of aromatic nitrogens is 5. The Kier molecular flexibility index (Phi) is 7.17. The maximum absolute atomic E-state index is 4.43. The van der Waals surface area contributed by atoms with E-state index in [-0.39, 0.29) is 24.0 Å². The van der Waals surface area contributed by atoms with Crippen molar-refractivity contribution in [2.24, 2.45) is 4.99 Å². The number of hydrogen-bond acceptors (Lipinski definition) is 4. The molecule has 0 bridgehead atoms. The normalized spacial score (nSPS) is 11.3. The van der Waals surface area contributed by atoms with Crippen LogP contribution < -0.4 is 10.6 Å². The fourth-order valence-corrected chi connectivity index (χ4v) is 2.94. The van der Waals surface area contributed by atoms with Crippen molar-refractivity contribution in [3.05, 3.63) is 84.1 Å². The molecular weight excluding hydrogens is 479 g/mol. The van der Waals surface area contributed by atoms with E-state index in [2.05, 4.69) is 43.1 Å². The molecular formula is C20H23IN8. The molecule has 0 aliphatic heterocycles. The summed E-state index contributed by atoms with van der Waals surface area (Å²) in [5.41, 5.74) is 3.14. The third-order valence-corrected chi connectivity index (χ3v) is 4.36. The number of aliphatic imine (C=N–C) groups is 1. The number of guanidine groups is 1. The summed E-state index contributed by atoms with van der Waals surface area (Å²) in [5.74, 6) is 1.53. The van der Waals surface area contributed by atoms with Crippen LogP contribution in [0.25, 0.3) is 5.65 Å². The molecule has 3 heterocycles. The minimum absolute atomic E-state index is 0. The van der Waals surface area contributed by atoms with Crippen LogP contribution in [-0.2, 0) is 19.6 Å². The minimum atomic E-state index is 0. The number of nitrogens with one attached hydrogen (secondary N) is 2. The van der Waals surface area contributed by atoms with Gasteiger partial charge in [0.15, 0.2) is 17.4 Å². The van der Waals surface area contributed by atoms with Crippen molar-refractivity contribution < 1.29 is 0 Å². The van der Waals surface area contributed by atoms with Gasteiger partial charge in [0.1, 0.15) is 0 Å². The van der Waals surface area contributed by atoms with E-state index in [9.17, 15) is 0 Å². The van der Waals surface area contributed by atoms with E-state index in [1.165, 1.54) is 5.56 Å². The zero-order valence-corrected chi connectivity index (χ0v) is 18.4. The second-order valence-corrected chi connectivity index (χ2v) is 6.36. The van der Waals surface area contributed by atoms with Crippen molar-refractivity contribution in [1.29, 1.82) is 0 Å². The van der Waals surface area contributed by atoms with E-state index in [1.807, 2.05) is 64.1 Å². The van der Waals surface area contributed by atoms with Gasteiger partial charge in [-0.3, -0.25) is 14.1 Å². The summed E-state index contributed by atoms with van der Waals surface area (Å²) in [4.78, 5) is 4.27. The number of nitrogens with zero attached hydrogens (tertiary/aromatic N) is 6. The second-order valence-electron chi connectivity index (χ2n) is 6.36. The van der Waals surface area contributed by atoms with Crippen molar-refractivity contribution in [3.8, 4) is 0 Å². The van der Waals surface area contributed by atoms with Gasteiger partial charge >= 0.3 is 0 Å². The highest BCUT2D eigenvalue weighted by atomic mass is 127. The molecule has 9 heteroatoms. The Morgan fingerprint density at radius 1 is 0.966 bits per heavy atom. The molecule has 0 spiro atoms. The molecule has 29 heavy (non-hydrogen) atoms. The molecule has 0 aliphatic carbocycles. The monoisotopic (exact) mass is 502 g/mol. The molecule has 2 N–H and O–H groups in total. The minimum Gasteiger partial charge on any atom is -0.352 e. The summed E-state index contributed by atoms with van der Waals surface area (Å²) < 4.78 is 3.89. The standard InChI is InChI=1S/C20H22N8.HI/c1-21-20(23-13-19-26-25-18-9-5-6-10-28(18)19)22-11-17-12-24-27(15-17)14-16-7-3-2-4-8-16;/h2-10,12,15H,11,13-14H2,1H3,(H2,21,22,23);1H. The SMILES string of the molecule is CN=C(NCc1cnn(Cc2ccccc2)c1)NCc1nnc2ccccn12.I. The maximum atomic E-state index is 4.43. The lowest BCUT2D eigenvalue weighted by Crippen LogP contribution is -2.36. The van der Waals surface area contributed by atoms with Gasteiger partial charge in [0, 0.05) is 31.5 Å². The van der Waals surface area contributed by atoms with Crippen molar-refractivity contribution in [2.45, 2.75) is 19.6 Å². The molecule has 1 aromatic carbocycles. The predicted molar refractivity (Wildman–Crippen MR) is 123 cm³/mol. The number of pyridine rings is 1. The van der Waals surface area contributed by atoms with E-state index in [0.29, 0.717) is 19.0 Å². The van der Waals surface area contributed by atoms with Gasteiger partial charge in [0.05, 0.1) is 19.3 Å². The first kappa shape index (κ1) is 20.8. The lowest BCUT2D eigenvalue weighted by molar-refractivity contribution is 0.685. The van der Waals surface area contributed by atoms with Gasteiger partial charge in [-0.15, -0.1) is 34.2 Å². The van der Waals surface area contributed by atoms with E-state index < -0.39 is 0 Å². The molecule has 8 nitrogen and oxygen atoms in total. The van der Waals surface area contributed by atoms with Crippen LogP contribution in [-0.4, -0.2) is 37.4 Å². The average Bonchev–Trinajstić information content (AvgIpc) is 3.36. The summed E-state index contributed by atoms with van der Waals surface area (Å²) in [7, 11) is 1.75. The summed E-state index contributed by atoms with van der Waals surface area (Å²) in [6.07, 6.45) is 5.86. The van der Waals surface area contributed by atoms with Gasteiger partial charge < -0.3 is 10.6 Å². The molecule has 4 aromatic rings. The van der Waals surface area contributed by atoms with Crippen LogP contribution in [0.1, 0.15) is 17.0 Å². The van der Waals surface area contributed by atoms with E-state index in [1.54, 1.807) is 7.05 Å². The van der Waals surface area contributed by atoms with Crippen LogP contribution in [0.2, 0.25) is 0 Å². The number of benzene rings is 1. The fraction of sp³-hybridized carbons (Fsp3) is 0.200. The third kappa shape index (κ3) is 5.31. The highest BCUT2D eigenvalue weighted by molar-refractivity contribution is 14.0. The van der Waals surface area contributed by atoms with Crippen LogP contribution in [0.15, 0.2) is 72.1 Å². The molecule has 0 saturated carbocycles. The first-order chi connectivity index (χ1) is 13.8. The molecule has 0 saturated heterocycles. The summed E-state index contributed by atoms with van der Waals surface area (Å²) in [5, 5.41) is 19.4. The Morgan fingerprint density at radius 3 is 2.59 bits per heavy atom. The maximum Gasteiger partial charge on any atom is 0.191 e. The third-order valence-electron chi connectivity index (χ3n) is 4.36.